The van der Waals surface area contributed by atoms with Crippen molar-refractivity contribution in [2.45, 2.75) is 50.0 Å². The van der Waals surface area contributed by atoms with Gasteiger partial charge in [-0.3, -0.25) is 4.90 Å². The SMILES string of the molecule is Fc1cccnc1O[C@@H]1CN(Cc2ccco2)[C@@H]2CCCO[C@@H]21.O=C(O)C(F)(F)F.O=C(O)C(F)(F)F. The molecule has 0 bridgehead atoms. The average molecular weight is 546 g/mol. The number of hydrogen-bond donors (Lipinski definition) is 2. The summed E-state index contributed by atoms with van der Waals surface area (Å²) in [4.78, 5) is 24.1. The highest BCUT2D eigenvalue weighted by Gasteiger charge is 2.46. The molecule has 16 heteroatoms. The monoisotopic (exact) mass is 546 g/mol. The molecule has 2 aliphatic heterocycles. The van der Waals surface area contributed by atoms with Crippen LogP contribution < -0.4 is 4.74 Å². The number of furan rings is 1. The lowest BCUT2D eigenvalue weighted by atomic mass is 10.0. The lowest BCUT2D eigenvalue weighted by Gasteiger charge is -2.31. The van der Waals surface area contributed by atoms with Crippen molar-refractivity contribution in [3.05, 3.63) is 48.3 Å². The van der Waals surface area contributed by atoms with E-state index in [1.807, 2.05) is 12.1 Å². The van der Waals surface area contributed by atoms with Crippen LogP contribution in [0.1, 0.15) is 18.6 Å². The van der Waals surface area contributed by atoms with Crippen molar-refractivity contribution in [1.29, 1.82) is 0 Å². The molecule has 0 unspecified atom stereocenters. The summed E-state index contributed by atoms with van der Waals surface area (Å²) >= 11 is 0. The van der Waals surface area contributed by atoms with Crippen molar-refractivity contribution >= 4 is 11.9 Å². The van der Waals surface area contributed by atoms with E-state index in [-0.39, 0.29) is 24.1 Å². The fourth-order valence-corrected chi connectivity index (χ4v) is 3.49. The maximum absolute atomic E-state index is 13.8. The molecule has 2 aliphatic rings. The van der Waals surface area contributed by atoms with Gasteiger partial charge in [-0.1, -0.05) is 0 Å². The number of aromatic nitrogens is 1. The number of alkyl halides is 6. The van der Waals surface area contributed by atoms with Crippen LogP contribution in [0, 0.1) is 5.82 Å². The molecule has 4 rings (SSSR count). The predicted octanol–water partition coefficient (Wildman–Crippen LogP) is 3.89. The number of likely N-dealkylation sites (tertiary alicyclic amines) is 1. The molecule has 2 N–H and O–H groups in total. The molecular formula is C21H21F7N2O7. The summed E-state index contributed by atoms with van der Waals surface area (Å²) < 4.78 is 94.5. The Kier molecular flexibility index (Phi) is 10.2. The minimum atomic E-state index is -5.08. The van der Waals surface area contributed by atoms with Gasteiger partial charge in [0.1, 0.15) is 18.0 Å². The Morgan fingerprint density at radius 3 is 2.22 bits per heavy atom. The average Bonchev–Trinajstić information content (AvgIpc) is 3.44. The van der Waals surface area contributed by atoms with Crippen LogP contribution in [0.25, 0.3) is 0 Å². The second kappa shape index (κ2) is 12.7. The zero-order chi connectivity index (χ0) is 27.8. The predicted molar refractivity (Wildman–Crippen MR) is 108 cm³/mol. The van der Waals surface area contributed by atoms with Crippen LogP contribution in [0.3, 0.4) is 0 Å². The largest absolute Gasteiger partial charge is 0.490 e. The second-order valence-electron chi connectivity index (χ2n) is 7.61. The Labute approximate surface area is 204 Å². The lowest BCUT2D eigenvalue weighted by molar-refractivity contribution is -0.193. The van der Waals surface area contributed by atoms with E-state index in [0.29, 0.717) is 13.1 Å². The third-order valence-corrected chi connectivity index (χ3v) is 5.00. The van der Waals surface area contributed by atoms with Crippen molar-refractivity contribution in [2.24, 2.45) is 0 Å². The van der Waals surface area contributed by atoms with Crippen LogP contribution in [0.2, 0.25) is 0 Å². The van der Waals surface area contributed by atoms with Gasteiger partial charge in [-0.25, -0.2) is 19.0 Å². The van der Waals surface area contributed by atoms with Gasteiger partial charge in [-0.2, -0.15) is 26.3 Å². The number of carboxylic acids is 2. The van der Waals surface area contributed by atoms with E-state index in [0.717, 1.165) is 25.2 Å². The maximum Gasteiger partial charge on any atom is 0.490 e. The first-order valence-electron chi connectivity index (χ1n) is 10.5. The topological polar surface area (TPSA) is 122 Å². The van der Waals surface area contributed by atoms with Gasteiger partial charge in [0.05, 0.1) is 12.8 Å². The number of rotatable bonds is 4. The van der Waals surface area contributed by atoms with Crippen molar-refractivity contribution in [2.75, 3.05) is 13.2 Å². The van der Waals surface area contributed by atoms with Gasteiger partial charge in [-0.05, 0) is 37.1 Å². The van der Waals surface area contributed by atoms with E-state index < -0.39 is 30.1 Å². The van der Waals surface area contributed by atoms with Gasteiger partial charge in [0.15, 0.2) is 5.82 Å². The Balaban J connectivity index is 0.000000286. The molecule has 0 saturated carbocycles. The fraction of sp³-hybridized carbons (Fsp3) is 0.476. The number of hydrogen-bond acceptors (Lipinski definition) is 7. The van der Waals surface area contributed by atoms with Crippen LogP contribution in [0.4, 0.5) is 30.7 Å². The molecule has 0 radical (unpaired) electrons. The summed E-state index contributed by atoms with van der Waals surface area (Å²) in [7, 11) is 0. The number of ether oxygens (including phenoxy) is 2. The zero-order valence-corrected chi connectivity index (χ0v) is 18.7. The normalized spacial score (nSPS) is 21.5. The number of fused-ring (bicyclic) bond motifs is 1. The van der Waals surface area contributed by atoms with Crippen LogP contribution >= 0.6 is 0 Å². The molecular weight excluding hydrogens is 525 g/mol. The van der Waals surface area contributed by atoms with Crippen LogP contribution in [-0.2, 0) is 20.9 Å². The van der Waals surface area contributed by atoms with Crippen molar-refractivity contribution in [1.82, 2.24) is 9.88 Å². The summed E-state index contributed by atoms with van der Waals surface area (Å²) in [6, 6.07) is 7.03. The molecule has 0 amide bonds. The molecule has 3 atom stereocenters. The molecule has 0 aliphatic carbocycles. The summed E-state index contributed by atoms with van der Waals surface area (Å²) in [5, 5.41) is 14.2. The minimum Gasteiger partial charge on any atom is -0.475 e. The van der Waals surface area contributed by atoms with E-state index in [1.54, 1.807) is 12.3 Å². The highest BCUT2D eigenvalue weighted by molar-refractivity contribution is 5.73. The second-order valence-corrected chi connectivity index (χ2v) is 7.61. The van der Waals surface area contributed by atoms with E-state index in [2.05, 4.69) is 9.88 Å². The zero-order valence-electron chi connectivity index (χ0n) is 18.7. The Morgan fingerprint density at radius 1 is 1.08 bits per heavy atom. The molecule has 0 aromatic carbocycles. The van der Waals surface area contributed by atoms with E-state index in [4.69, 9.17) is 33.7 Å². The first kappa shape index (κ1) is 29.8. The standard InChI is InChI=1S/C17H19FN2O3.2C2HF3O2/c18-13-5-1-7-19-17(13)23-15-11-20(10-12-4-2-8-21-12)14-6-3-9-22-16(14)15;2*3-2(4,5)1(6)7/h1-2,4-5,7-8,14-16H,3,6,9-11H2;2*(H,6,7)/t14-,15-,16+;;/m1../s1. The maximum atomic E-state index is 13.8. The minimum absolute atomic E-state index is 0.0465. The number of aliphatic carboxylic acids is 2. The first-order chi connectivity index (χ1) is 17.2. The fourth-order valence-electron chi connectivity index (χ4n) is 3.49. The van der Waals surface area contributed by atoms with Gasteiger partial charge < -0.3 is 24.1 Å². The van der Waals surface area contributed by atoms with Gasteiger partial charge >= 0.3 is 24.3 Å². The molecule has 4 heterocycles. The molecule has 37 heavy (non-hydrogen) atoms. The third-order valence-electron chi connectivity index (χ3n) is 5.00. The number of carboxylic acid groups (broad SMARTS) is 2. The van der Waals surface area contributed by atoms with Crippen molar-refractivity contribution in [3.63, 3.8) is 0 Å². The summed E-state index contributed by atoms with van der Waals surface area (Å²) in [6.45, 7) is 2.11. The first-order valence-corrected chi connectivity index (χ1v) is 10.5. The smallest absolute Gasteiger partial charge is 0.475 e. The highest BCUT2D eigenvalue weighted by atomic mass is 19.4. The lowest BCUT2D eigenvalue weighted by Crippen LogP contribution is -2.42. The number of halogens is 7. The molecule has 9 nitrogen and oxygen atoms in total. The Hall–Kier alpha value is -3.40. The highest BCUT2D eigenvalue weighted by Crippen LogP contribution is 2.32. The summed E-state index contributed by atoms with van der Waals surface area (Å²) in [6.07, 6.45) is -5.15. The summed E-state index contributed by atoms with van der Waals surface area (Å²) in [5.74, 6) is -4.99. The number of pyridine rings is 1. The summed E-state index contributed by atoms with van der Waals surface area (Å²) in [5.41, 5.74) is 0. The molecule has 0 spiro atoms. The molecule has 2 aromatic rings. The quantitative estimate of drug-likeness (QED) is 0.550. The van der Waals surface area contributed by atoms with Crippen molar-refractivity contribution in [3.8, 4) is 5.88 Å². The molecule has 2 fully saturated rings. The van der Waals surface area contributed by atoms with E-state index in [9.17, 15) is 30.7 Å². The van der Waals surface area contributed by atoms with E-state index >= 15 is 0 Å². The Bertz CT molecular complexity index is 991. The number of carbonyl (C=O) groups is 2. The van der Waals surface area contributed by atoms with Crippen LogP contribution in [-0.4, -0.2) is 75.8 Å². The van der Waals surface area contributed by atoms with Gasteiger partial charge in [0.2, 0.25) is 0 Å². The van der Waals surface area contributed by atoms with Crippen LogP contribution in [0.15, 0.2) is 41.1 Å². The Morgan fingerprint density at radius 2 is 1.70 bits per heavy atom. The molecule has 2 saturated heterocycles. The van der Waals surface area contributed by atoms with E-state index in [1.165, 1.54) is 12.3 Å². The number of nitrogens with zero attached hydrogens (tertiary/aromatic N) is 2. The van der Waals surface area contributed by atoms with Crippen molar-refractivity contribution < 1.29 is 64.4 Å². The van der Waals surface area contributed by atoms with Crippen LogP contribution in [0.5, 0.6) is 5.88 Å². The molecule has 206 valence electrons. The third kappa shape index (κ3) is 9.20. The van der Waals surface area contributed by atoms with Gasteiger partial charge in [-0.15, -0.1) is 0 Å². The van der Waals surface area contributed by atoms with Gasteiger partial charge in [0.25, 0.3) is 5.88 Å². The van der Waals surface area contributed by atoms with Gasteiger partial charge in [0, 0.05) is 25.4 Å². The molecule has 2 aromatic heterocycles.